The van der Waals surface area contributed by atoms with Gasteiger partial charge in [-0.1, -0.05) is 19.9 Å². The summed E-state index contributed by atoms with van der Waals surface area (Å²) >= 11 is 3.22. The van der Waals surface area contributed by atoms with Gasteiger partial charge in [-0.15, -0.1) is 0 Å². The van der Waals surface area contributed by atoms with Crippen molar-refractivity contribution in [2.45, 2.75) is 19.8 Å². The van der Waals surface area contributed by atoms with E-state index < -0.39 is 5.97 Å². The van der Waals surface area contributed by atoms with Gasteiger partial charge in [0.25, 0.3) is 0 Å². The molecule has 1 aromatic heterocycles. The van der Waals surface area contributed by atoms with Crippen LogP contribution in [0.3, 0.4) is 0 Å². The van der Waals surface area contributed by atoms with Gasteiger partial charge in [-0.2, -0.15) is 0 Å². The Hall–Kier alpha value is -0.900. The lowest BCUT2D eigenvalue weighted by Crippen LogP contribution is -2.09. The van der Waals surface area contributed by atoms with Crippen LogP contribution >= 0.6 is 15.9 Å². The molecule has 0 fully saturated rings. The summed E-state index contributed by atoms with van der Waals surface area (Å²) in [4.78, 5) is 15.5. The van der Waals surface area contributed by atoms with E-state index in [0.29, 0.717) is 10.3 Å². The first-order chi connectivity index (χ1) is 6.56. The number of esters is 1. The largest absolute Gasteiger partial charge is 0.464 e. The summed E-state index contributed by atoms with van der Waals surface area (Å²) in [5.41, 5.74) is 1.29. The Morgan fingerprint density at radius 1 is 1.50 bits per heavy atom. The third-order valence-corrected chi connectivity index (χ3v) is 2.33. The van der Waals surface area contributed by atoms with Gasteiger partial charge >= 0.3 is 5.97 Å². The van der Waals surface area contributed by atoms with Crippen molar-refractivity contribution in [1.29, 1.82) is 0 Å². The van der Waals surface area contributed by atoms with Crippen LogP contribution in [-0.2, 0) is 4.74 Å². The molecule has 0 unspecified atom stereocenters. The van der Waals surface area contributed by atoms with Gasteiger partial charge in [-0.05, 0) is 33.5 Å². The second-order valence-electron chi connectivity index (χ2n) is 3.22. The number of hydrogen-bond acceptors (Lipinski definition) is 3. The van der Waals surface area contributed by atoms with Gasteiger partial charge < -0.3 is 4.74 Å². The van der Waals surface area contributed by atoms with E-state index in [2.05, 4.69) is 25.7 Å². The molecule has 0 atom stereocenters. The lowest BCUT2D eigenvalue weighted by atomic mass is 10.0. The normalized spacial score (nSPS) is 10.4. The van der Waals surface area contributed by atoms with Crippen molar-refractivity contribution in [1.82, 2.24) is 4.98 Å². The lowest BCUT2D eigenvalue weighted by molar-refractivity contribution is 0.0592. The molecule has 1 aromatic rings. The van der Waals surface area contributed by atoms with Gasteiger partial charge in [-0.3, -0.25) is 0 Å². The van der Waals surface area contributed by atoms with Crippen molar-refractivity contribution in [3.05, 3.63) is 28.0 Å². The maximum absolute atomic E-state index is 11.4. The Morgan fingerprint density at radius 2 is 2.14 bits per heavy atom. The quantitative estimate of drug-likeness (QED) is 0.604. The molecule has 0 spiro atoms. The molecule has 0 aromatic carbocycles. The zero-order chi connectivity index (χ0) is 10.7. The predicted molar refractivity (Wildman–Crippen MR) is 57.4 cm³/mol. The predicted octanol–water partition coefficient (Wildman–Crippen LogP) is 2.75. The van der Waals surface area contributed by atoms with Crippen LogP contribution in [0.25, 0.3) is 0 Å². The maximum Gasteiger partial charge on any atom is 0.356 e. The van der Waals surface area contributed by atoms with Crippen molar-refractivity contribution < 1.29 is 9.53 Å². The number of methoxy groups -OCH3 is 1. The number of carbonyl (C=O) groups is 1. The molecule has 0 saturated heterocycles. The van der Waals surface area contributed by atoms with Crippen molar-refractivity contribution in [2.75, 3.05) is 7.11 Å². The Balaban J connectivity index is 3.22. The Bertz CT molecular complexity index is 350. The van der Waals surface area contributed by atoms with Gasteiger partial charge in [0.2, 0.25) is 0 Å². The number of halogens is 1. The minimum atomic E-state index is -0.394. The molecule has 0 saturated carbocycles. The van der Waals surface area contributed by atoms with Gasteiger partial charge in [0, 0.05) is 0 Å². The van der Waals surface area contributed by atoms with Crippen LogP contribution in [0.4, 0.5) is 0 Å². The zero-order valence-electron chi connectivity index (χ0n) is 8.37. The molecule has 76 valence electrons. The van der Waals surface area contributed by atoms with Crippen LogP contribution in [0, 0.1) is 0 Å². The number of pyridine rings is 1. The maximum atomic E-state index is 11.4. The van der Waals surface area contributed by atoms with Crippen molar-refractivity contribution in [2.24, 2.45) is 0 Å². The minimum absolute atomic E-state index is 0.254. The molecular formula is C10H12BrNO2. The summed E-state index contributed by atoms with van der Waals surface area (Å²) < 4.78 is 5.30. The van der Waals surface area contributed by atoms with E-state index in [1.807, 2.05) is 26.0 Å². The van der Waals surface area contributed by atoms with Crippen molar-refractivity contribution >= 4 is 21.9 Å². The first-order valence-corrected chi connectivity index (χ1v) is 5.10. The average molecular weight is 258 g/mol. The van der Waals surface area contributed by atoms with E-state index in [1.165, 1.54) is 7.11 Å². The topological polar surface area (TPSA) is 39.2 Å². The number of carbonyl (C=O) groups excluding carboxylic acids is 1. The first kappa shape index (κ1) is 11.2. The molecule has 1 rings (SSSR count). The van der Waals surface area contributed by atoms with Crippen LogP contribution < -0.4 is 0 Å². The molecule has 1 heterocycles. The van der Waals surface area contributed by atoms with Gasteiger partial charge in [0.15, 0.2) is 5.69 Å². The smallest absolute Gasteiger partial charge is 0.356 e. The molecule has 0 amide bonds. The average Bonchev–Trinajstić information content (AvgIpc) is 2.16. The highest BCUT2D eigenvalue weighted by atomic mass is 79.9. The summed E-state index contributed by atoms with van der Waals surface area (Å²) in [5.74, 6) is -0.139. The van der Waals surface area contributed by atoms with Gasteiger partial charge in [0.05, 0.1) is 7.11 Å². The monoisotopic (exact) mass is 257 g/mol. The lowest BCUT2D eigenvalue weighted by Gasteiger charge is -2.09. The van der Waals surface area contributed by atoms with Crippen molar-refractivity contribution in [3.8, 4) is 0 Å². The molecule has 0 aliphatic carbocycles. The summed E-state index contributed by atoms with van der Waals surface area (Å²) in [7, 11) is 1.36. The standard InChI is InChI=1S/C10H12BrNO2/c1-6(2)7-4-5-8(11)12-9(7)10(13)14-3/h4-6H,1-3H3. The first-order valence-electron chi connectivity index (χ1n) is 4.31. The van der Waals surface area contributed by atoms with Crippen LogP contribution in [-0.4, -0.2) is 18.1 Å². The van der Waals surface area contributed by atoms with E-state index in [-0.39, 0.29) is 5.92 Å². The fraction of sp³-hybridized carbons (Fsp3) is 0.400. The van der Waals surface area contributed by atoms with Crippen LogP contribution in [0.15, 0.2) is 16.7 Å². The highest BCUT2D eigenvalue weighted by Gasteiger charge is 2.16. The third kappa shape index (κ3) is 2.32. The fourth-order valence-corrected chi connectivity index (χ4v) is 1.48. The molecule has 14 heavy (non-hydrogen) atoms. The Morgan fingerprint density at radius 3 is 2.64 bits per heavy atom. The van der Waals surface area contributed by atoms with Crippen LogP contribution in [0.2, 0.25) is 0 Å². The molecule has 0 aliphatic heterocycles. The highest BCUT2D eigenvalue weighted by Crippen LogP contribution is 2.20. The van der Waals surface area contributed by atoms with Gasteiger partial charge in [0.1, 0.15) is 4.60 Å². The minimum Gasteiger partial charge on any atom is -0.464 e. The van der Waals surface area contributed by atoms with Crippen LogP contribution in [0.1, 0.15) is 35.8 Å². The molecule has 3 nitrogen and oxygen atoms in total. The highest BCUT2D eigenvalue weighted by molar-refractivity contribution is 9.10. The number of hydrogen-bond donors (Lipinski definition) is 0. The number of ether oxygens (including phenoxy) is 1. The zero-order valence-corrected chi connectivity index (χ0v) is 9.96. The number of aromatic nitrogens is 1. The SMILES string of the molecule is COC(=O)c1nc(Br)ccc1C(C)C. The summed E-state index contributed by atoms with van der Waals surface area (Å²) in [6.07, 6.45) is 0. The van der Waals surface area contributed by atoms with Gasteiger partial charge in [-0.25, -0.2) is 9.78 Å². The van der Waals surface area contributed by atoms with E-state index in [4.69, 9.17) is 0 Å². The Kier molecular flexibility index (Phi) is 3.63. The Labute approximate surface area is 91.6 Å². The number of nitrogens with zero attached hydrogens (tertiary/aromatic N) is 1. The molecule has 0 aliphatic rings. The van der Waals surface area contributed by atoms with E-state index in [0.717, 1.165) is 5.56 Å². The van der Waals surface area contributed by atoms with Crippen molar-refractivity contribution in [3.63, 3.8) is 0 Å². The molecule has 0 N–H and O–H groups in total. The van der Waals surface area contributed by atoms with E-state index >= 15 is 0 Å². The molecule has 0 radical (unpaired) electrons. The second-order valence-corrected chi connectivity index (χ2v) is 4.03. The second kappa shape index (κ2) is 4.55. The van der Waals surface area contributed by atoms with E-state index in [1.54, 1.807) is 0 Å². The molecule has 0 bridgehead atoms. The van der Waals surface area contributed by atoms with Crippen LogP contribution in [0.5, 0.6) is 0 Å². The summed E-state index contributed by atoms with van der Waals surface area (Å²) in [5, 5.41) is 0. The number of rotatable bonds is 2. The third-order valence-electron chi connectivity index (χ3n) is 1.89. The molecule has 4 heteroatoms. The molecular weight excluding hydrogens is 246 g/mol. The summed E-state index contributed by atoms with van der Waals surface area (Å²) in [6, 6.07) is 3.70. The summed E-state index contributed by atoms with van der Waals surface area (Å²) in [6.45, 7) is 4.02. The fourth-order valence-electron chi connectivity index (χ4n) is 1.17. The van der Waals surface area contributed by atoms with E-state index in [9.17, 15) is 4.79 Å².